The molecule has 0 aliphatic carbocycles. The summed E-state index contributed by atoms with van der Waals surface area (Å²) >= 11 is 11.9. The van der Waals surface area contributed by atoms with Crippen LogP contribution in [0.4, 0.5) is 5.69 Å². The molecule has 0 saturated heterocycles. The minimum absolute atomic E-state index is 0.0775. The number of pyridine rings is 1. The Labute approximate surface area is 215 Å². The van der Waals surface area contributed by atoms with Crippen LogP contribution in [0.5, 0.6) is 11.5 Å². The van der Waals surface area contributed by atoms with E-state index in [1.54, 1.807) is 43.5 Å². The number of anilines is 1. The largest absolute Gasteiger partial charge is 0.493 e. The fraction of sp³-hybridized carbons (Fsp3) is 0.200. The van der Waals surface area contributed by atoms with Gasteiger partial charge in [-0.15, -0.1) is 0 Å². The summed E-state index contributed by atoms with van der Waals surface area (Å²) in [5.74, 6) is 0.633. The summed E-state index contributed by atoms with van der Waals surface area (Å²) < 4.78 is 12.9. The Morgan fingerprint density at radius 2 is 1.75 bits per heavy atom. The van der Waals surface area contributed by atoms with Gasteiger partial charge in [-0.25, -0.2) is 9.78 Å². The van der Waals surface area contributed by atoms with Gasteiger partial charge in [-0.3, -0.25) is 18.7 Å². The first-order chi connectivity index (χ1) is 17.3. The third kappa shape index (κ3) is 5.22. The van der Waals surface area contributed by atoms with Crippen molar-refractivity contribution >= 4 is 45.8 Å². The van der Waals surface area contributed by atoms with E-state index in [0.717, 1.165) is 10.1 Å². The molecular formula is C25H22Cl2N4O5. The van der Waals surface area contributed by atoms with Crippen LogP contribution in [-0.2, 0) is 24.3 Å². The van der Waals surface area contributed by atoms with Crippen molar-refractivity contribution in [3.8, 4) is 11.5 Å². The van der Waals surface area contributed by atoms with Gasteiger partial charge in [0.15, 0.2) is 17.0 Å². The van der Waals surface area contributed by atoms with Crippen LogP contribution < -0.4 is 26.0 Å². The van der Waals surface area contributed by atoms with Gasteiger partial charge in [-0.05, 0) is 54.4 Å². The van der Waals surface area contributed by atoms with Crippen molar-refractivity contribution in [1.82, 2.24) is 14.1 Å². The average molecular weight is 529 g/mol. The molecule has 36 heavy (non-hydrogen) atoms. The Kier molecular flexibility index (Phi) is 7.61. The first-order valence-electron chi connectivity index (χ1n) is 10.9. The highest BCUT2D eigenvalue weighted by molar-refractivity contribution is 6.42. The molecule has 0 bridgehead atoms. The second-order valence-electron chi connectivity index (χ2n) is 7.81. The van der Waals surface area contributed by atoms with E-state index in [9.17, 15) is 14.4 Å². The third-order valence-electron chi connectivity index (χ3n) is 5.56. The van der Waals surface area contributed by atoms with Crippen LogP contribution in [0, 0.1) is 0 Å². The second kappa shape index (κ2) is 10.8. The predicted molar refractivity (Wildman–Crippen MR) is 139 cm³/mol. The zero-order valence-corrected chi connectivity index (χ0v) is 21.0. The first-order valence-corrected chi connectivity index (χ1v) is 11.6. The van der Waals surface area contributed by atoms with Crippen LogP contribution >= 0.6 is 23.2 Å². The maximum atomic E-state index is 13.4. The van der Waals surface area contributed by atoms with Crippen molar-refractivity contribution in [3.05, 3.63) is 91.2 Å². The molecule has 4 rings (SSSR count). The lowest BCUT2D eigenvalue weighted by atomic mass is 10.1. The molecule has 0 aliphatic rings. The van der Waals surface area contributed by atoms with Crippen molar-refractivity contribution < 1.29 is 14.3 Å². The summed E-state index contributed by atoms with van der Waals surface area (Å²) in [5, 5.41) is 3.32. The molecule has 2 aromatic heterocycles. The Hall–Kier alpha value is -3.82. The molecule has 11 heteroatoms. The van der Waals surface area contributed by atoms with Gasteiger partial charge in [0, 0.05) is 18.4 Å². The maximum absolute atomic E-state index is 13.4. The number of nitrogens with zero attached hydrogens (tertiary/aromatic N) is 3. The lowest BCUT2D eigenvalue weighted by Gasteiger charge is -2.14. The van der Waals surface area contributed by atoms with Crippen molar-refractivity contribution in [2.45, 2.75) is 19.5 Å². The van der Waals surface area contributed by atoms with Gasteiger partial charge in [0.1, 0.15) is 6.54 Å². The molecule has 0 unspecified atom stereocenters. The second-order valence-corrected chi connectivity index (χ2v) is 8.63. The number of aromatic nitrogens is 3. The molecule has 0 aliphatic heterocycles. The molecule has 1 amide bonds. The number of fused-ring (bicyclic) bond motifs is 1. The number of methoxy groups -OCH3 is 2. The number of aryl methyl sites for hydroxylation is 1. The molecule has 0 atom stereocenters. The minimum atomic E-state index is -0.620. The quantitative estimate of drug-likeness (QED) is 0.373. The van der Waals surface area contributed by atoms with E-state index in [1.807, 2.05) is 6.07 Å². The SMILES string of the molecule is COc1ccc(CCn2c(=O)c3ncccc3n(CC(=O)Nc3ccc(Cl)c(Cl)c3)c2=O)cc1OC. The van der Waals surface area contributed by atoms with E-state index >= 15 is 0 Å². The van der Waals surface area contributed by atoms with Crippen molar-refractivity contribution in [2.24, 2.45) is 0 Å². The molecule has 0 spiro atoms. The normalized spacial score (nSPS) is 10.9. The number of hydrogen-bond donors (Lipinski definition) is 1. The standard InChI is InChI=1S/C25H22Cl2N4O5/c1-35-20-8-5-15(12-21(20)36-2)9-11-30-24(33)23-19(4-3-10-28-23)31(25(30)34)14-22(32)29-16-6-7-17(26)18(27)13-16/h3-8,10,12-13H,9,11,14H2,1-2H3,(H,29,32). The van der Waals surface area contributed by atoms with Crippen LogP contribution in [0.1, 0.15) is 5.56 Å². The summed E-state index contributed by atoms with van der Waals surface area (Å²) in [7, 11) is 3.07. The summed E-state index contributed by atoms with van der Waals surface area (Å²) in [6.45, 7) is -0.258. The van der Waals surface area contributed by atoms with Crippen LogP contribution in [0.25, 0.3) is 11.0 Å². The molecule has 0 radical (unpaired) electrons. The monoisotopic (exact) mass is 528 g/mol. The van der Waals surface area contributed by atoms with E-state index < -0.39 is 17.2 Å². The lowest BCUT2D eigenvalue weighted by Crippen LogP contribution is -2.42. The van der Waals surface area contributed by atoms with E-state index in [2.05, 4.69) is 10.3 Å². The highest BCUT2D eigenvalue weighted by Crippen LogP contribution is 2.28. The highest BCUT2D eigenvalue weighted by atomic mass is 35.5. The zero-order chi connectivity index (χ0) is 25.8. The van der Waals surface area contributed by atoms with Gasteiger partial charge in [-0.1, -0.05) is 29.3 Å². The number of amides is 1. The summed E-state index contributed by atoms with van der Waals surface area (Å²) in [5.41, 5.74) is 0.462. The van der Waals surface area contributed by atoms with Crippen molar-refractivity contribution in [2.75, 3.05) is 19.5 Å². The summed E-state index contributed by atoms with van der Waals surface area (Å²) in [6.07, 6.45) is 1.83. The van der Waals surface area contributed by atoms with Gasteiger partial charge in [0.05, 0.1) is 29.8 Å². The van der Waals surface area contributed by atoms with Crippen molar-refractivity contribution in [1.29, 1.82) is 0 Å². The van der Waals surface area contributed by atoms with E-state index in [0.29, 0.717) is 28.6 Å². The van der Waals surface area contributed by atoms with Gasteiger partial charge in [0.25, 0.3) is 5.56 Å². The Bertz CT molecular complexity index is 1560. The van der Waals surface area contributed by atoms with E-state index in [1.165, 1.54) is 23.9 Å². The molecule has 9 nitrogen and oxygen atoms in total. The molecule has 2 heterocycles. The number of hydrogen-bond acceptors (Lipinski definition) is 6. The number of ether oxygens (including phenoxy) is 2. The van der Waals surface area contributed by atoms with Gasteiger partial charge >= 0.3 is 5.69 Å². The Morgan fingerprint density at radius 3 is 2.47 bits per heavy atom. The fourth-order valence-corrected chi connectivity index (χ4v) is 4.09. The number of carbonyl (C=O) groups is 1. The van der Waals surface area contributed by atoms with Crippen LogP contribution in [0.3, 0.4) is 0 Å². The van der Waals surface area contributed by atoms with Gasteiger partial charge in [-0.2, -0.15) is 0 Å². The third-order valence-corrected chi connectivity index (χ3v) is 6.30. The van der Waals surface area contributed by atoms with E-state index in [4.69, 9.17) is 32.7 Å². The molecule has 0 saturated carbocycles. The minimum Gasteiger partial charge on any atom is -0.493 e. The lowest BCUT2D eigenvalue weighted by molar-refractivity contribution is -0.116. The van der Waals surface area contributed by atoms with E-state index in [-0.39, 0.29) is 29.1 Å². The number of rotatable bonds is 8. The Morgan fingerprint density at radius 1 is 0.972 bits per heavy atom. The fourth-order valence-electron chi connectivity index (χ4n) is 3.79. The smallest absolute Gasteiger partial charge is 0.332 e. The molecular weight excluding hydrogens is 507 g/mol. The summed E-state index contributed by atoms with van der Waals surface area (Å²) in [6, 6.07) is 13.2. The summed E-state index contributed by atoms with van der Waals surface area (Å²) in [4.78, 5) is 43.4. The molecule has 186 valence electrons. The Balaban J connectivity index is 1.66. The first kappa shape index (κ1) is 25.3. The highest BCUT2D eigenvalue weighted by Gasteiger charge is 2.17. The topological polar surface area (TPSA) is 104 Å². The number of carbonyl (C=O) groups excluding carboxylic acids is 1. The number of halogens is 2. The number of benzene rings is 2. The maximum Gasteiger partial charge on any atom is 0.332 e. The predicted octanol–water partition coefficient (Wildman–Crippen LogP) is 3.76. The number of nitrogens with one attached hydrogen (secondary N) is 1. The van der Waals surface area contributed by atoms with Crippen LogP contribution in [-0.4, -0.2) is 34.2 Å². The average Bonchev–Trinajstić information content (AvgIpc) is 2.88. The van der Waals surface area contributed by atoms with Crippen LogP contribution in [0.2, 0.25) is 10.0 Å². The van der Waals surface area contributed by atoms with Crippen LogP contribution in [0.15, 0.2) is 64.3 Å². The van der Waals surface area contributed by atoms with Crippen molar-refractivity contribution in [3.63, 3.8) is 0 Å². The molecule has 1 N–H and O–H groups in total. The van der Waals surface area contributed by atoms with Gasteiger partial charge < -0.3 is 14.8 Å². The molecule has 2 aromatic carbocycles. The molecule has 0 fully saturated rings. The molecule has 4 aromatic rings. The zero-order valence-electron chi connectivity index (χ0n) is 19.5. The van der Waals surface area contributed by atoms with Gasteiger partial charge in [0.2, 0.25) is 5.91 Å².